The molecule has 1 fully saturated rings. The maximum absolute atomic E-state index is 11.3. The summed E-state index contributed by atoms with van der Waals surface area (Å²) in [6.45, 7) is 2.03. The van der Waals surface area contributed by atoms with Gasteiger partial charge in [0.25, 0.3) is 0 Å². The first-order valence-corrected chi connectivity index (χ1v) is 7.88. The number of methoxy groups -OCH3 is 1. The van der Waals surface area contributed by atoms with Gasteiger partial charge in [-0.05, 0) is 40.6 Å². The molecular formula is C8H14INO2S. The third-order valence-corrected chi connectivity index (χ3v) is 3.95. The predicted octanol–water partition coefficient (Wildman–Crippen LogP) is 1.71. The van der Waals surface area contributed by atoms with Gasteiger partial charge in [-0.1, -0.05) is 8.93 Å². The summed E-state index contributed by atoms with van der Waals surface area (Å²) in [5.41, 5.74) is 0. The van der Waals surface area contributed by atoms with E-state index in [9.17, 15) is 4.79 Å². The third-order valence-electron chi connectivity index (χ3n) is 2.29. The van der Waals surface area contributed by atoms with Gasteiger partial charge in [0, 0.05) is 12.3 Å². The fraction of sp³-hybridized carbons (Fsp3) is 0.875. The van der Waals surface area contributed by atoms with Crippen LogP contribution in [0.2, 0.25) is 0 Å². The predicted molar refractivity (Wildman–Crippen MR) is 63.1 cm³/mol. The van der Waals surface area contributed by atoms with Crippen molar-refractivity contribution in [2.45, 2.75) is 18.9 Å². The lowest BCUT2D eigenvalue weighted by Gasteiger charge is -2.21. The fourth-order valence-corrected chi connectivity index (χ4v) is 2.54. The van der Waals surface area contributed by atoms with Crippen molar-refractivity contribution in [3.63, 3.8) is 0 Å². The number of rotatable bonds is 4. The second kappa shape index (κ2) is 6.08. The van der Waals surface area contributed by atoms with Crippen LogP contribution in [-0.4, -0.2) is 42.9 Å². The highest BCUT2D eigenvalue weighted by atomic mass is 127. The van der Waals surface area contributed by atoms with Crippen LogP contribution in [0.3, 0.4) is 0 Å². The molecule has 1 rings (SSSR count). The van der Waals surface area contributed by atoms with Gasteiger partial charge >= 0.3 is 5.97 Å². The van der Waals surface area contributed by atoms with E-state index in [0.29, 0.717) is 0 Å². The van der Waals surface area contributed by atoms with Crippen LogP contribution in [0.4, 0.5) is 0 Å². The topological polar surface area (TPSA) is 29.5 Å². The van der Waals surface area contributed by atoms with Gasteiger partial charge in [-0.3, -0.25) is 9.69 Å². The standard InChI is InChI=1S/C8H14INO2S/c1-12-8(11)7-3-2-4-10(7)5-6-13-9/h7H,2-6H2,1H3. The first-order valence-electron chi connectivity index (χ1n) is 4.35. The van der Waals surface area contributed by atoms with E-state index < -0.39 is 0 Å². The zero-order valence-electron chi connectivity index (χ0n) is 7.66. The molecule has 1 aliphatic rings. The number of hydrogen-bond acceptors (Lipinski definition) is 4. The average Bonchev–Trinajstić information content (AvgIpc) is 2.61. The van der Waals surface area contributed by atoms with Crippen molar-refractivity contribution in [2.75, 3.05) is 26.0 Å². The number of likely N-dealkylation sites (tertiary alicyclic amines) is 1. The van der Waals surface area contributed by atoms with Gasteiger partial charge in [0.2, 0.25) is 0 Å². The van der Waals surface area contributed by atoms with Gasteiger partial charge in [0.15, 0.2) is 0 Å². The van der Waals surface area contributed by atoms with Crippen molar-refractivity contribution in [1.29, 1.82) is 0 Å². The molecule has 1 unspecified atom stereocenters. The molecule has 13 heavy (non-hydrogen) atoms. The molecule has 0 bridgehead atoms. The maximum atomic E-state index is 11.3. The van der Waals surface area contributed by atoms with E-state index in [1.54, 1.807) is 8.93 Å². The first kappa shape index (κ1) is 11.6. The van der Waals surface area contributed by atoms with Crippen LogP contribution in [0.15, 0.2) is 0 Å². The zero-order valence-corrected chi connectivity index (χ0v) is 10.6. The molecular weight excluding hydrogens is 301 g/mol. The number of esters is 1. The number of ether oxygens (including phenoxy) is 1. The Kier molecular flexibility index (Phi) is 5.42. The number of carbonyl (C=O) groups excluding carboxylic acids is 1. The Morgan fingerprint density at radius 3 is 3.15 bits per heavy atom. The molecule has 0 N–H and O–H groups in total. The highest BCUT2D eigenvalue weighted by Crippen LogP contribution is 2.20. The fourth-order valence-electron chi connectivity index (χ4n) is 1.65. The molecule has 0 spiro atoms. The van der Waals surface area contributed by atoms with Gasteiger partial charge in [-0.2, -0.15) is 0 Å². The minimum atomic E-state index is -0.0732. The number of halogens is 1. The van der Waals surface area contributed by atoms with Crippen molar-refractivity contribution >= 4 is 36.1 Å². The highest BCUT2D eigenvalue weighted by molar-refractivity contribution is 14.2. The molecule has 76 valence electrons. The smallest absolute Gasteiger partial charge is 0.323 e. The largest absolute Gasteiger partial charge is 0.468 e. The van der Waals surface area contributed by atoms with Crippen LogP contribution in [-0.2, 0) is 9.53 Å². The summed E-state index contributed by atoms with van der Waals surface area (Å²) in [7, 11) is 3.25. The lowest BCUT2D eigenvalue weighted by Crippen LogP contribution is -2.38. The Hall–Kier alpha value is 0.510. The van der Waals surface area contributed by atoms with Gasteiger partial charge in [-0.25, -0.2) is 0 Å². The third kappa shape index (κ3) is 3.28. The number of nitrogens with zero attached hydrogens (tertiary/aromatic N) is 1. The van der Waals surface area contributed by atoms with Crippen molar-refractivity contribution in [2.24, 2.45) is 0 Å². The number of carbonyl (C=O) groups is 1. The summed E-state index contributed by atoms with van der Waals surface area (Å²) < 4.78 is 4.76. The molecule has 1 saturated heterocycles. The average molecular weight is 315 g/mol. The first-order chi connectivity index (χ1) is 6.29. The molecule has 1 atom stereocenters. The van der Waals surface area contributed by atoms with E-state index in [1.807, 2.05) is 0 Å². The van der Waals surface area contributed by atoms with E-state index in [1.165, 1.54) is 7.11 Å². The van der Waals surface area contributed by atoms with Crippen molar-refractivity contribution in [3.8, 4) is 0 Å². The minimum absolute atomic E-state index is 0.0218. The Morgan fingerprint density at radius 1 is 1.77 bits per heavy atom. The van der Waals surface area contributed by atoms with Crippen LogP contribution in [0.5, 0.6) is 0 Å². The molecule has 0 aliphatic carbocycles. The summed E-state index contributed by atoms with van der Waals surface area (Å²) >= 11 is 2.28. The van der Waals surface area contributed by atoms with Gasteiger partial charge < -0.3 is 4.74 Å². The van der Waals surface area contributed by atoms with Crippen molar-refractivity contribution in [3.05, 3.63) is 0 Å². The van der Waals surface area contributed by atoms with Gasteiger partial charge in [0.1, 0.15) is 6.04 Å². The zero-order chi connectivity index (χ0) is 9.68. The van der Waals surface area contributed by atoms with Crippen LogP contribution < -0.4 is 0 Å². The molecule has 5 heteroatoms. The monoisotopic (exact) mass is 315 g/mol. The van der Waals surface area contributed by atoms with E-state index in [4.69, 9.17) is 4.74 Å². The summed E-state index contributed by atoms with van der Waals surface area (Å²) in [5, 5.41) is 0. The van der Waals surface area contributed by atoms with E-state index in [-0.39, 0.29) is 12.0 Å². The molecule has 3 nitrogen and oxygen atoms in total. The lowest BCUT2D eigenvalue weighted by atomic mass is 10.2. The second-order valence-electron chi connectivity index (χ2n) is 3.03. The van der Waals surface area contributed by atoms with E-state index >= 15 is 0 Å². The van der Waals surface area contributed by atoms with Gasteiger partial charge in [-0.15, -0.1) is 0 Å². The second-order valence-corrected chi connectivity index (χ2v) is 5.53. The van der Waals surface area contributed by atoms with Crippen molar-refractivity contribution < 1.29 is 9.53 Å². The Labute approximate surface area is 95.2 Å². The molecule has 0 radical (unpaired) electrons. The molecule has 1 heterocycles. The highest BCUT2D eigenvalue weighted by Gasteiger charge is 2.30. The van der Waals surface area contributed by atoms with Crippen LogP contribution in [0.25, 0.3) is 0 Å². The maximum Gasteiger partial charge on any atom is 0.323 e. The molecule has 0 aromatic carbocycles. The molecule has 0 saturated carbocycles. The van der Waals surface area contributed by atoms with Crippen LogP contribution >= 0.6 is 30.1 Å². The van der Waals surface area contributed by atoms with Crippen LogP contribution in [0.1, 0.15) is 12.8 Å². The van der Waals surface area contributed by atoms with E-state index in [2.05, 4.69) is 26.1 Å². The molecule has 0 aromatic rings. The minimum Gasteiger partial charge on any atom is -0.468 e. The quantitative estimate of drug-likeness (QED) is 0.583. The Balaban J connectivity index is 2.39. The van der Waals surface area contributed by atoms with E-state index in [0.717, 1.165) is 31.7 Å². The van der Waals surface area contributed by atoms with Crippen LogP contribution in [0, 0.1) is 0 Å². The SMILES string of the molecule is COC(=O)C1CCCN1CCSI. The normalized spacial score (nSPS) is 23.4. The number of hydrogen-bond donors (Lipinski definition) is 0. The Bertz CT molecular complexity index is 180. The summed E-state index contributed by atoms with van der Waals surface area (Å²) in [4.78, 5) is 13.5. The summed E-state index contributed by atoms with van der Waals surface area (Å²) in [6, 6.07) is 0.0218. The summed E-state index contributed by atoms with van der Waals surface area (Å²) in [6.07, 6.45) is 2.07. The lowest BCUT2D eigenvalue weighted by molar-refractivity contribution is -0.145. The van der Waals surface area contributed by atoms with Gasteiger partial charge in [0.05, 0.1) is 7.11 Å². The molecule has 1 aliphatic heterocycles. The Morgan fingerprint density at radius 2 is 2.54 bits per heavy atom. The molecule has 0 amide bonds. The molecule has 0 aromatic heterocycles. The van der Waals surface area contributed by atoms with Crippen molar-refractivity contribution in [1.82, 2.24) is 4.90 Å². The summed E-state index contributed by atoms with van der Waals surface area (Å²) in [5.74, 6) is 1.00.